The first-order valence-corrected chi connectivity index (χ1v) is 9.12. The predicted molar refractivity (Wildman–Crippen MR) is 120 cm³/mol. The van der Waals surface area contributed by atoms with Gasteiger partial charge in [0.05, 0.1) is 30.9 Å². The van der Waals surface area contributed by atoms with E-state index in [9.17, 15) is 4.79 Å². The van der Waals surface area contributed by atoms with Crippen molar-refractivity contribution < 1.29 is 9.53 Å². The Morgan fingerprint density at radius 1 is 1.30 bits per heavy atom. The van der Waals surface area contributed by atoms with E-state index < -0.39 is 0 Å². The zero-order valence-corrected chi connectivity index (χ0v) is 19.1. The lowest BCUT2D eigenvalue weighted by Gasteiger charge is -2.21. The number of halogens is 1. The molecule has 2 rings (SSSR count). The minimum Gasteiger partial charge on any atom is -0.497 e. The zero-order valence-electron chi connectivity index (χ0n) is 16.0. The number of nitrogens with zero attached hydrogens (tertiary/aromatic N) is 3. The molecule has 0 aliphatic carbocycles. The van der Waals surface area contributed by atoms with E-state index >= 15 is 0 Å². The second-order valence-corrected chi connectivity index (χ2v) is 6.80. The zero-order chi connectivity index (χ0) is 18.9. The number of hydrogen-bond acceptors (Lipinski definition) is 5. The first kappa shape index (κ1) is 23.2. The molecule has 0 aliphatic heterocycles. The summed E-state index contributed by atoms with van der Waals surface area (Å²) in [4.78, 5) is 22.7. The van der Waals surface area contributed by atoms with Gasteiger partial charge in [-0.15, -0.1) is 35.3 Å². The molecule has 148 valence electrons. The van der Waals surface area contributed by atoms with Gasteiger partial charge >= 0.3 is 0 Å². The number of hydrogen-bond donors (Lipinski definition) is 2. The van der Waals surface area contributed by atoms with E-state index in [1.807, 2.05) is 48.5 Å². The van der Waals surface area contributed by atoms with Crippen molar-refractivity contribution in [1.29, 1.82) is 0 Å². The molecule has 0 fully saturated rings. The number of rotatable bonds is 7. The van der Waals surface area contributed by atoms with E-state index in [1.54, 1.807) is 25.5 Å². The molecule has 0 atom stereocenters. The van der Waals surface area contributed by atoms with Crippen LogP contribution in [0, 0.1) is 6.92 Å². The van der Waals surface area contributed by atoms with Gasteiger partial charge in [0.1, 0.15) is 5.75 Å². The summed E-state index contributed by atoms with van der Waals surface area (Å²) < 4.78 is 5.12. The Kier molecular flexibility index (Phi) is 10.1. The molecule has 0 spiro atoms. The number of aliphatic imine (C=N–C) groups is 1. The molecule has 1 heterocycles. The van der Waals surface area contributed by atoms with Crippen molar-refractivity contribution in [1.82, 2.24) is 20.5 Å². The molecule has 1 amide bonds. The van der Waals surface area contributed by atoms with Crippen LogP contribution in [0.15, 0.2) is 34.6 Å². The number of aryl methyl sites for hydroxylation is 1. The van der Waals surface area contributed by atoms with Crippen molar-refractivity contribution in [3.05, 3.63) is 45.9 Å². The highest BCUT2D eigenvalue weighted by molar-refractivity contribution is 14.0. The lowest BCUT2D eigenvalue weighted by molar-refractivity contribution is -0.120. The Hall–Kier alpha value is -1.88. The normalized spacial score (nSPS) is 10.7. The molecule has 0 saturated heterocycles. The minimum atomic E-state index is -0.0973. The molecule has 1 aromatic carbocycles. The third kappa shape index (κ3) is 7.71. The Morgan fingerprint density at radius 2 is 2.00 bits per heavy atom. The van der Waals surface area contributed by atoms with Crippen LogP contribution >= 0.6 is 35.3 Å². The summed E-state index contributed by atoms with van der Waals surface area (Å²) in [6.45, 7) is 3.24. The number of nitrogens with one attached hydrogen (secondary N) is 2. The molecular weight excluding hydrogens is 477 g/mol. The Balaban J connectivity index is 0.00000364. The summed E-state index contributed by atoms with van der Waals surface area (Å²) in [6.07, 6.45) is 0. The predicted octanol–water partition coefficient (Wildman–Crippen LogP) is 2.40. The van der Waals surface area contributed by atoms with Crippen molar-refractivity contribution in [2.45, 2.75) is 20.0 Å². The molecule has 0 bridgehead atoms. The van der Waals surface area contributed by atoms with Crippen molar-refractivity contribution >= 4 is 47.2 Å². The molecule has 2 N–H and O–H groups in total. The van der Waals surface area contributed by atoms with Crippen molar-refractivity contribution in [2.24, 2.45) is 4.99 Å². The molecule has 9 heteroatoms. The minimum absolute atomic E-state index is 0. The number of amides is 1. The van der Waals surface area contributed by atoms with Gasteiger partial charge in [0.25, 0.3) is 0 Å². The fourth-order valence-corrected chi connectivity index (χ4v) is 2.95. The molecule has 0 aliphatic rings. The van der Waals surface area contributed by atoms with Gasteiger partial charge in [0.15, 0.2) is 5.96 Å². The molecule has 0 unspecified atom stereocenters. The van der Waals surface area contributed by atoms with Crippen molar-refractivity contribution in [3.8, 4) is 5.75 Å². The summed E-state index contributed by atoms with van der Waals surface area (Å²) in [5, 5.41) is 9.02. The van der Waals surface area contributed by atoms with Crippen LogP contribution in [-0.2, 0) is 17.9 Å². The van der Waals surface area contributed by atoms with Gasteiger partial charge in [-0.05, 0) is 24.6 Å². The Bertz CT molecular complexity index is 748. The number of benzene rings is 1. The molecule has 0 radical (unpaired) electrons. The molecule has 0 saturated carbocycles. The van der Waals surface area contributed by atoms with Crippen LogP contribution in [0.3, 0.4) is 0 Å². The van der Waals surface area contributed by atoms with E-state index in [0.717, 1.165) is 22.0 Å². The summed E-state index contributed by atoms with van der Waals surface area (Å²) in [7, 11) is 5.24. The SMILES string of the molecule is CN=C(NCC(=O)NCc1ccc(OC)cc1)N(C)Cc1csc(C)n1.I. The van der Waals surface area contributed by atoms with Crippen LogP contribution in [0.25, 0.3) is 0 Å². The number of carbonyl (C=O) groups is 1. The average molecular weight is 503 g/mol. The highest BCUT2D eigenvalue weighted by Crippen LogP contribution is 2.11. The van der Waals surface area contributed by atoms with Crippen molar-refractivity contribution in [3.63, 3.8) is 0 Å². The van der Waals surface area contributed by atoms with Gasteiger partial charge in [0, 0.05) is 26.0 Å². The fraction of sp³-hybridized carbons (Fsp3) is 0.389. The largest absolute Gasteiger partial charge is 0.497 e. The maximum atomic E-state index is 12.1. The molecule has 27 heavy (non-hydrogen) atoms. The number of methoxy groups -OCH3 is 1. The van der Waals surface area contributed by atoms with Gasteiger partial charge in [0.2, 0.25) is 5.91 Å². The number of guanidine groups is 1. The quantitative estimate of drug-likeness (QED) is 0.345. The van der Waals surface area contributed by atoms with E-state index in [4.69, 9.17) is 4.74 Å². The highest BCUT2D eigenvalue weighted by Gasteiger charge is 2.10. The monoisotopic (exact) mass is 503 g/mol. The lowest BCUT2D eigenvalue weighted by atomic mass is 10.2. The summed E-state index contributed by atoms with van der Waals surface area (Å²) in [5.41, 5.74) is 2.00. The van der Waals surface area contributed by atoms with E-state index in [2.05, 4.69) is 20.6 Å². The molecule has 2 aromatic rings. The van der Waals surface area contributed by atoms with Crippen LogP contribution in [0.2, 0.25) is 0 Å². The fourth-order valence-electron chi connectivity index (χ4n) is 2.35. The third-order valence-electron chi connectivity index (χ3n) is 3.69. The van der Waals surface area contributed by atoms with Crippen LogP contribution < -0.4 is 15.4 Å². The first-order valence-electron chi connectivity index (χ1n) is 8.24. The number of carbonyl (C=O) groups excluding carboxylic acids is 1. The van der Waals surface area contributed by atoms with Gasteiger partial charge in [-0.1, -0.05) is 12.1 Å². The molecule has 1 aromatic heterocycles. The van der Waals surface area contributed by atoms with Crippen molar-refractivity contribution in [2.75, 3.05) is 27.7 Å². The van der Waals surface area contributed by atoms with Crippen LogP contribution in [0.1, 0.15) is 16.3 Å². The van der Waals surface area contributed by atoms with Crippen LogP contribution in [0.5, 0.6) is 5.75 Å². The maximum Gasteiger partial charge on any atom is 0.239 e. The Labute approximate surface area is 181 Å². The topological polar surface area (TPSA) is 78.8 Å². The standard InChI is InChI=1S/C18H25N5O2S.HI/c1-13-22-15(12-26-13)11-23(3)18(19-2)21-10-17(24)20-9-14-5-7-16(25-4)8-6-14;/h5-8,12H,9-11H2,1-4H3,(H,19,21)(H,20,24);1H. The molecular formula is C18H26IN5O2S. The number of ether oxygens (including phenoxy) is 1. The van der Waals surface area contributed by atoms with E-state index in [1.165, 1.54) is 0 Å². The smallest absolute Gasteiger partial charge is 0.239 e. The number of thiazole rings is 1. The lowest BCUT2D eigenvalue weighted by Crippen LogP contribution is -2.43. The first-order chi connectivity index (χ1) is 12.5. The van der Waals surface area contributed by atoms with E-state index in [0.29, 0.717) is 19.0 Å². The highest BCUT2D eigenvalue weighted by atomic mass is 127. The van der Waals surface area contributed by atoms with Crippen LogP contribution in [-0.4, -0.2) is 49.5 Å². The number of aromatic nitrogens is 1. The van der Waals surface area contributed by atoms with Gasteiger partial charge in [-0.3, -0.25) is 9.79 Å². The third-order valence-corrected chi connectivity index (χ3v) is 4.52. The summed E-state index contributed by atoms with van der Waals surface area (Å²) in [5.74, 6) is 1.35. The van der Waals surface area contributed by atoms with E-state index in [-0.39, 0.29) is 36.4 Å². The summed E-state index contributed by atoms with van der Waals surface area (Å²) >= 11 is 1.62. The second kappa shape index (κ2) is 11.8. The van der Waals surface area contributed by atoms with Crippen LogP contribution in [0.4, 0.5) is 0 Å². The van der Waals surface area contributed by atoms with Gasteiger partial charge in [-0.25, -0.2) is 4.98 Å². The average Bonchev–Trinajstić information content (AvgIpc) is 3.05. The van der Waals surface area contributed by atoms with Gasteiger partial charge < -0.3 is 20.3 Å². The van der Waals surface area contributed by atoms with Gasteiger partial charge in [-0.2, -0.15) is 0 Å². The molecule has 7 nitrogen and oxygen atoms in total. The maximum absolute atomic E-state index is 12.1. The Morgan fingerprint density at radius 3 is 2.56 bits per heavy atom. The second-order valence-electron chi connectivity index (χ2n) is 5.74. The summed E-state index contributed by atoms with van der Waals surface area (Å²) in [6, 6.07) is 7.59.